The summed E-state index contributed by atoms with van der Waals surface area (Å²) >= 11 is 0. The van der Waals surface area contributed by atoms with Crippen molar-refractivity contribution < 1.29 is 29.2 Å². The number of phenols is 1. The summed E-state index contributed by atoms with van der Waals surface area (Å²) in [6, 6.07) is 9.21. The second-order valence-corrected chi connectivity index (χ2v) is 5.64. The highest BCUT2D eigenvalue weighted by molar-refractivity contribution is 5.95. The third-order valence-electron chi connectivity index (χ3n) is 3.90. The molecule has 0 aliphatic rings. The number of amides is 1. The van der Waals surface area contributed by atoms with E-state index in [0.717, 1.165) is 5.56 Å². The van der Waals surface area contributed by atoms with Crippen LogP contribution in [0.15, 0.2) is 36.4 Å². The van der Waals surface area contributed by atoms with E-state index in [9.17, 15) is 15.0 Å². The summed E-state index contributed by atoms with van der Waals surface area (Å²) in [5.41, 5.74) is 1.20. The third kappa shape index (κ3) is 4.58. The lowest BCUT2D eigenvalue weighted by Crippen LogP contribution is -2.39. The maximum atomic E-state index is 12.6. The quantitative estimate of drug-likeness (QED) is 0.663. The molecule has 0 heterocycles. The van der Waals surface area contributed by atoms with Gasteiger partial charge in [-0.3, -0.25) is 4.79 Å². The van der Waals surface area contributed by atoms with E-state index < -0.39 is 6.04 Å². The van der Waals surface area contributed by atoms with Gasteiger partial charge in [-0.25, -0.2) is 0 Å². The Kier molecular flexibility index (Phi) is 6.68. The summed E-state index contributed by atoms with van der Waals surface area (Å²) in [5.74, 6) is 0.930. The molecule has 3 N–H and O–H groups in total. The molecule has 2 rings (SSSR count). The van der Waals surface area contributed by atoms with E-state index >= 15 is 0 Å². The minimum absolute atomic E-state index is 0.163. The van der Waals surface area contributed by atoms with Crippen LogP contribution in [0.4, 0.5) is 0 Å². The number of hydrogen-bond donors (Lipinski definition) is 3. The van der Waals surface area contributed by atoms with Crippen molar-refractivity contribution in [2.24, 2.45) is 0 Å². The fourth-order valence-electron chi connectivity index (χ4n) is 2.56. The Morgan fingerprint density at radius 1 is 1.04 bits per heavy atom. The Hall–Kier alpha value is -2.93. The number of phenolic OH excluding ortho intramolecular Hbond substituents is 1. The fourth-order valence-corrected chi connectivity index (χ4v) is 2.56. The molecule has 0 saturated carbocycles. The summed E-state index contributed by atoms with van der Waals surface area (Å²) in [5, 5.41) is 21.7. The SMILES string of the molecule is COc1cc(C(=O)N[C@H](CO)Cc2ccc(O)cc2)cc(OC)c1OC. The minimum atomic E-state index is -0.480. The molecule has 0 bridgehead atoms. The highest BCUT2D eigenvalue weighted by atomic mass is 16.5. The fraction of sp³-hybridized carbons (Fsp3) is 0.316. The van der Waals surface area contributed by atoms with Crippen LogP contribution in [-0.2, 0) is 6.42 Å². The number of carbonyl (C=O) groups is 1. The maximum absolute atomic E-state index is 12.6. The third-order valence-corrected chi connectivity index (χ3v) is 3.90. The van der Waals surface area contributed by atoms with Gasteiger partial charge in [0.25, 0.3) is 5.91 Å². The molecule has 0 radical (unpaired) electrons. The average molecular weight is 361 g/mol. The van der Waals surface area contributed by atoms with Crippen molar-refractivity contribution in [2.75, 3.05) is 27.9 Å². The molecule has 2 aromatic carbocycles. The van der Waals surface area contributed by atoms with Crippen LogP contribution >= 0.6 is 0 Å². The predicted molar refractivity (Wildman–Crippen MR) is 96.2 cm³/mol. The number of hydrogen-bond acceptors (Lipinski definition) is 6. The van der Waals surface area contributed by atoms with Crippen LogP contribution in [0.25, 0.3) is 0 Å². The van der Waals surface area contributed by atoms with Crippen LogP contribution in [0.5, 0.6) is 23.0 Å². The standard InChI is InChI=1S/C19H23NO6/c1-24-16-9-13(10-17(25-2)18(16)26-3)19(23)20-14(11-21)8-12-4-6-15(22)7-5-12/h4-7,9-10,14,21-22H,8,11H2,1-3H3,(H,20,23)/t14-/m0/s1. The van der Waals surface area contributed by atoms with E-state index in [0.29, 0.717) is 29.2 Å². The van der Waals surface area contributed by atoms with Gasteiger partial charge in [0, 0.05) is 5.56 Å². The average Bonchev–Trinajstić information content (AvgIpc) is 2.67. The van der Waals surface area contributed by atoms with Gasteiger partial charge in [0.15, 0.2) is 11.5 Å². The minimum Gasteiger partial charge on any atom is -0.508 e. The van der Waals surface area contributed by atoms with E-state index in [4.69, 9.17) is 14.2 Å². The van der Waals surface area contributed by atoms with E-state index in [1.54, 1.807) is 36.4 Å². The van der Waals surface area contributed by atoms with E-state index in [1.807, 2.05) is 0 Å². The van der Waals surface area contributed by atoms with Crippen LogP contribution < -0.4 is 19.5 Å². The second-order valence-electron chi connectivity index (χ2n) is 5.64. The zero-order valence-corrected chi connectivity index (χ0v) is 15.0. The van der Waals surface area contributed by atoms with Gasteiger partial charge in [0.1, 0.15) is 5.75 Å². The number of aromatic hydroxyl groups is 1. The van der Waals surface area contributed by atoms with Crippen molar-refractivity contribution in [3.63, 3.8) is 0 Å². The van der Waals surface area contributed by atoms with Gasteiger partial charge in [0.2, 0.25) is 5.75 Å². The van der Waals surface area contributed by atoms with Crippen LogP contribution in [0.2, 0.25) is 0 Å². The molecule has 26 heavy (non-hydrogen) atoms. The van der Waals surface area contributed by atoms with Crippen molar-refractivity contribution in [2.45, 2.75) is 12.5 Å². The van der Waals surface area contributed by atoms with Crippen LogP contribution in [0.1, 0.15) is 15.9 Å². The number of ether oxygens (including phenoxy) is 3. The molecule has 0 spiro atoms. The van der Waals surface area contributed by atoms with Gasteiger partial charge in [-0.2, -0.15) is 0 Å². The molecular weight excluding hydrogens is 338 g/mol. The summed E-state index contributed by atoms with van der Waals surface area (Å²) in [7, 11) is 4.43. The van der Waals surface area contributed by atoms with E-state index in [1.165, 1.54) is 21.3 Å². The second kappa shape index (κ2) is 8.96. The molecule has 7 nitrogen and oxygen atoms in total. The highest BCUT2D eigenvalue weighted by Gasteiger charge is 2.19. The van der Waals surface area contributed by atoms with Crippen LogP contribution in [-0.4, -0.2) is 50.1 Å². The molecule has 1 atom stereocenters. The molecular formula is C19H23NO6. The molecule has 0 saturated heterocycles. The first kappa shape index (κ1) is 19.4. The molecule has 0 unspecified atom stereocenters. The van der Waals surface area contributed by atoms with Gasteiger partial charge in [0.05, 0.1) is 34.0 Å². The van der Waals surface area contributed by atoms with Crippen molar-refractivity contribution in [3.8, 4) is 23.0 Å². The molecule has 140 valence electrons. The van der Waals surface area contributed by atoms with Crippen LogP contribution in [0.3, 0.4) is 0 Å². The molecule has 0 fully saturated rings. The number of benzene rings is 2. The van der Waals surface area contributed by atoms with Crippen molar-refractivity contribution in [3.05, 3.63) is 47.5 Å². The van der Waals surface area contributed by atoms with E-state index in [-0.39, 0.29) is 18.3 Å². The summed E-state index contributed by atoms with van der Waals surface area (Å²) in [6.07, 6.45) is 0.424. The molecule has 0 aliphatic carbocycles. The lowest BCUT2D eigenvalue weighted by Gasteiger charge is -2.18. The van der Waals surface area contributed by atoms with Gasteiger partial charge in [-0.05, 0) is 36.2 Å². The lowest BCUT2D eigenvalue weighted by molar-refractivity contribution is 0.0915. The summed E-state index contributed by atoms with van der Waals surface area (Å²) in [4.78, 5) is 12.6. The Labute approximate surface area is 152 Å². The van der Waals surface area contributed by atoms with Gasteiger partial charge >= 0.3 is 0 Å². The monoisotopic (exact) mass is 361 g/mol. The highest BCUT2D eigenvalue weighted by Crippen LogP contribution is 2.38. The maximum Gasteiger partial charge on any atom is 0.251 e. The molecule has 0 aliphatic heterocycles. The normalized spacial score (nSPS) is 11.5. The van der Waals surface area contributed by atoms with Gasteiger partial charge in [-0.15, -0.1) is 0 Å². The summed E-state index contributed by atoms with van der Waals surface area (Å²) in [6.45, 7) is -0.225. The number of carbonyl (C=O) groups excluding carboxylic acids is 1. The first-order valence-corrected chi connectivity index (χ1v) is 8.02. The first-order chi connectivity index (χ1) is 12.5. The number of rotatable bonds is 8. The number of methoxy groups -OCH3 is 3. The largest absolute Gasteiger partial charge is 0.508 e. The van der Waals surface area contributed by atoms with Gasteiger partial charge < -0.3 is 29.7 Å². The Morgan fingerprint density at radius 3 is 2.08 bits per heavy atom. The predicted octanol–water partition coefficient (Wildman–Crippen LogP) is 1.75. The number of aliphatic hydroxyl groups excluding tert-OH is 1. The number of nitrogens with one attached hydrogen (secondary N) is 1. The molecule has 7 heteroatoms. The Balaban J connectivity index is 2.17. The topological polar surface area (TPSA) is 97.3 Å². The molecule has 2 aromatic rings. The molecule has 1 amide bonds. The van der Waals surface area contributed by atoms with Crippen molar-refractivity contribution in [1.29, 1.82) is 0 Å². The first-order valence-electron chi connectivity index (χ1n) is 8.02. The summed E-state index contributed by atoms with van der Waals surface area (Å²) < 4.78 is 15.7. The molecule has 0 aromatic heterocycles. The van der Waals surface area contributed by atoms with Gasteiger partial charge in [-0.1, -0.05) is 12.1 Å². The zero-order chi connectivity index (χ0) is 19.1. The van der Waals surface area contributed by atoms with Crippen molar-refractivity contribution >= 4 is 5.91 Å². The van der Waals surface area contributed by atoms with Crippen molar-refractivity contribution in [1.82, 2.24) is 5.32 Å². The number of aliphatic hydroxyl groups is 1. The lowest BCUT2D eigenvalue weighted by atomic mass is 10.1. The zero-order valence-electron chi connectivity index (χ0n) is 15.0. The smallest absolute Gasteiger partial charge is 0.251 e. The Morgan fingerprint density at radius 2 is 1.62 bits per heavy atom. The van der Waals surface area contributed by atoms with Crippen LogP contribution in [0, 0.1) is 0 Å². The Bertz CT molecular complexity index is 719. The van der Waals surface area contributed by atoms with E-state index in [2.05, 4.69) is 5.32 Å².